The molecule has 0 aromatic heterocycles. The van der Waals surface area contributed by atoms with Crippen molar-refractivity contribution >= 4 is 11.9 Å². The minimum atomic E-state index is -0.866. The molecule has 0 radical (unpaired) electrons. The SMILES string of the molecule is CC1(C)OC[C@H]([C@H](NCc2ccccc2)C(=O)N[C@@H](Cc2ccccc2)C(=O)OCc2ccccc2)O1. The molecule has 1 amide bonds. The summed E-state index contributed by atoms with van der Waals surface area (Å²) in [6, 6.07) is 27.2. The van der Waals surface area contributed by atoms with Crippen molar-refractivity contribution in [2.24, 2.45) is 0 Å². The zero-order valence-corrected chi connectivity index (χ0v) is 21.3. The highest BCUT2D eigenvalue weighted by atomic mass is 16.7. The smallest absolute Gasteiger partial charge is 0.329 e. The minimum Gasteiger partial charge on any atom is -0.459 e. The number of carbonyl (C=O) groups is 2. The van der Waals surface area contributed by atoms with Gasteiger partial charge in [0, 0.05) is 13.0 Å². The van der Waals surface area contributed by atoms with Crippen LogP contribution in [0.25, 0.3) is 0 Å². The van der Waals surface area contributed by atoms with Crippen LogP contribution in [0.5, 0.6) is 0 Å². The molecule has 0 bridgehead atoms. The molecule has 1 aliphatic rings. The van der Waals surface area contributed by atoms with Crippen molar-refractivity contribution in [1.29, 1.82) is 0 Å². The van der Waals surface area contributed by atoms with Crippen LogP contribution in [0, 0.1) is 0 Å². The summed E-state index contributed by atoms with van der Waals surface area (Å²) >= 11 is 0. The quantitative estimate of drug-likeness (QED) is 0.389. The molecule has 194 valence electrons. The third kappa shape index (κ3) is 7.98. The Bertz CT molecular complexity index is 1140. The lowest BCUT2D eigenvalue weighted by Crippen LogP contribution is -2.56. The summed E-state index contributed by atoms with van der Waals surface area (Å²) in [4.78, 5) is 26.8. The second-order valence-electron chi connectivity index (χ2n) is 9.56. The van der Waals surface area contributed by atoms with E-state index in [1.54, 1.807) is 0 Å². The summed E-state index contributed by atoms with van der Waals surface area (Å²) in [6.45, 7) is 4.48. The molecule has 7 nitrogen and oxygen atoms in total. The maximum atomic E-state index is 13.6. The molecule has 7 heteroatoms. The normalized spacial score (nSPS) is 18.1. The number of amides is 1. The van der Waals surface area contributed by atoms with E-state index in [4.69, 9.17) is 14.2 Å². The van der Waals surface area contributed by atoms with Gasteiger partial charge in [-0.25, -0.2) is 4.79 Å². The molecule has 0 aliphatic carbocycles. The van der Waals surface area contributed by atoms with E-state index in [0.717, 1.165) is 16.7 Å². The van der Waals surface area contributed by atoms with Crippen LogP contribution in [-0.4, -0.2) is 42.5 Å². The molecular formula is C30H34N2O5. The zero-order valence-electron chi connectivity index (χ0n) is 21.3. The number of ether oxygens (including phenoxy) is 3. The van der Waals surface area contributed by atoms with Crippen molar-refractivity contribution in [3.05, 3.63) is 108 Å². The predicted molar refractivity (Wildman–Crippen MR) is 140 cm³/mol. The lowest BCUT2D eigenvalue weighted by molar-refractivity contribution is -0.152. The molecule has 3 atom stereocenters. The lowest BCUT2D eigenvalue weighted by atomic mass is 10.0. The van der Waals surface area contributed by atoms with Crippen LogP contribution in [0.1, 0.15) is 30.5 Å². The minimum absolute atomic E-state index is 0.129. The maximum absolute atomic E-state index is 13.6. The number of nitrogens with one attached hydrogen (secondary N) is 2. The number of benzene rings is 3. The zero-order chi connectivity index (χ0) is 26.1. The van der Waals surface area contributed by atoms with E-state index in [0.29, 0.717) is 13.0 Å². The standard InChI is InChI=1S/C30H34N2O5/c1-30(2)36-21-26(37-30)27(31-19-23-14-8-4-9-15-23)28(33)32-25(18-22-12-6-3-7-13-22)29(34)35-20-24-16-10-5-11-17-24/h3-17,25-27,31H,18-21H2,1-2H3,(H,32,33)/t25-,26+,27-/m0/s1. The molecule has 37 heavy (non-hydrogen) atoms. The van der Waals surface area contributed by atoms with Crippen LogP contribution in [0.4, 0.5) is 0 Å². The second-order valence-corrected chi connectivity index (χ2v) is 9.56. The van der Waals surface area contributed by atoms with E-state index >= 15 is 0 Å². The summed E-state index contributed by atoms with van der Waals surface area (Å²) in [6.07, 6.45) is -0.213. The summed E-state index contributed by atoms with van der Waals surface area (Å²) in [5.74, 6) is -1.64. The van der Waals surface area contributed by atoms with Crippen molar-refractivity contribution in [2.45, 2.75) is 57.4 Å². The average molecular weight is 503 g/mol. The van der Waals surface area contributed by atoms with Gasteiger partial charge in [0.2, 0.25) is 5.91 Å². The number of hydrogen-bond acceptors (Lipinski definition) is 6. The number of carbonyl (C=O) groups excluding carboxylic acids is 2. The molecule has 0 unspecified atom stereocenters. The Morgan fingerprint density at radius 2 is 1.46 bits per heavy atom. The Labute approximate surface area is 218 Å². The number of hydrogen-bond donors (Lipinski definition) is 2. The Morgan fingerprint density at radius 1 is 0.892 bits per heavy atom. The Kier molecular flexibility index (Phi) is 9.06. The van der Waals surface area contributed by atoms with E-state index in [1.807, 2.05) is 105 Å². The molecule has 3 aromatic carbocycles. The highest BCUT2D eigenvalue weighted by molar-refractivity contribution is 5.88. The van der Waals surface area contributed by atoms with Crippen LogP contribution in [0.2, 0.25) is 0 Å². The Balaban J connectivity index is 1.49. The van der Waals surface area contributed by atoms with Gasteiger partial charge in [-0.1, -0.05) is 91.0 Å². The number of rotatable bonds is 11. The Hall–Kier alpha value is -3.52. The summed E-state index contributed by atoms with van der Waals surface area (Å²) < 4.78 is 17.4. The third-order valence-electron chi connectivity index (χ3n) is 6.16. The van der Waals surface area contributed by atoms with Crippen molar-refractivity contribution in [3.63, 3.8) is 0 Å². The van der Waals surface area contributed by atoms with Gasteiger partial charge < -0.3 is 19.5 Å². The summed E-state index contributed by atoms with van der Waals surface area (Å²) in [5.41, 5.74) is 2.82. The fraction of sp³-hybridized carbons (Fsp3) is 0.333. The van der Waals surface area contributed by atoms with E-state index in [9.17, 15) is 9.59 Å². The van der Waals surface area contributed by atoms with E-state index in [-0.39, 0.29) is 19.1 Å². The highest BCUT2D eigenvalue weighted by Gasteiger charge is 2.41. The van der Waals surface area contributed by atoms with Crippen molar-refractivity contribution in [3.8, 4) is 0 Å². The fourth-order valence-electron chi connectivity index (χ4n) is 4.23. The summed E-state index contributed by atoms with van der Waals surface area (Å²) in [5, 5.41) is 6.24. The van der Waals surface area contributed by atoms with Gasteiger partial charge in [0.1, 0.15) is 24.8 Å². The van der Waals surface area contributed by atoms with Gasteiger partial charge in [-0.15, -0.1) is 0 Å². The molecular weight excluding hydrogens is 468 g/mol. The van der Waals surface area contributed by atoms with Gasteiger partial charge >= 0.3 is 5.97 Å². The molecule has 0 spiro atoms. The molecule has 1 heterocycles. The monoisotopic (exact) mass is 502 g/mol. The van der Waals surface area contributed by atoms with Crippen LogP contribution in [-0.2, 0) is 43.4 Å². The van der Waals surface area contributed by atoms with Crippen molar-refractivity contribution < 1.29 is 23.8 Å². The largest absolute Gasteiger partial charge is 0.459 e. The molecule has 0 saturated carbocycles. The van der Waals surface area contributed by atoms with Gasteiger partial charge in [-0.05, 0) is 30.5 Å². The first-order valence-corrected chi connectivity index (χ1v) is 12.5. The van der Waals surface area contributed by atoms with Crippen LogP contribution in [0.15, 0.2) is 91.0 Å². The van der Waals surface area contributed by atoms with Gasteiger partial charge in [-0.3, -0.25) is 10.1 Å². The first-order valence-electron chi connectivity index (χ1n) is 12.5. The van der Waals surface area contributed by atoms with E-state index < -0.39 is 29.9 Å². The first kappa shape index (κ1) is 26.5. The fourth-order valence-corrected chi connectivity index (χ4v) is 4.23. The average Bonchev–Trinajstić information content (AvgIpc) is 3.28. The van der Waals surface area contributed by atoms with E-state index in [1.165, 1.54) is 0 Å². The van der Waals surface area contributed by atoms with Gasteiger partial charge in [0.15, 0.2) is 5.79 Å². The molecule has 2 N–H and O–H groups in total. The van der Waals surface area contributed by atoms with Crippen molar-refractivity contribution in [1.82, 2.24) is 10.6 Å². The first-order chi connectivity index (χ1) is 17.9. The van der Waals surface area contributed by atoms with Gasteiger partial charge in [0.25, 0.3) is 0 Å². The predicted octanol–water partition coefficient (Wildman–Crippen LogP) is 3.77. The third-order valence-corrected chi connectivity index (χ3v) is 6.16. The van der Waals surface area contributed by atoms with Crippen molar-refractivity contribution in [2.75, 3.05) is 6.61 Å². The Morgan fingerprint density at radius 3 is 2.03 bits per heavy atom. The molecule has 3 aromatic rings. The van der Waals surface area contributed by atoms with Gasteiger partial charge in [-0.2, -0.15) is 0 Å². The van der Waals surface area contributed by atoms with Gasteiger partial charge in [0.05, 0.1) is 6.61 Å². The lowest BCUT2D eigenvalue weighted by Gasteiger charge is -2.27. The summed E-state index contributed by atoms with van der Waals surface area (Å²) in [7, 11) is 0. The van der Waals surface area contributed by atoms with E-state index in [2.05, 4.69) is 10.6 Å². The van der Waals surface area contributed by atoms with Crippen LogP contribution in [0.3, 0.4) is 0 Å². The second kappa shape index (κ2) is 12.6. The topological polar surface area (TPSA) is 85.9 Å². The van der Waals surface area contributed by atoms with Crippen LogP contribution >= 0.6 is 0 Å². The molecule has 1 fully saturated rings. The maximum Gasteiger partial charge on any atom is 0.329 e. The number of esters is 1. The molecule has 1 saturated heterocycles. The molecule has 1 aliphatic heterocycles. The van der Waals surface area contributed by atoms with Crippen LogP contribution < -0.4 is 10.6 Å². The highest BCUT2D eigenvalue weighted by Crippen LogP contribution is 2.24. The molecule has 4 rings (SSSR count).